The van der Waals surface area contributed by atoms with Crippen LogP contribution in [0.2, 0.25) is 5.02 Å². The third-order valence-corrected chi connectivity index (χ3v) is 4.87. The molecule has 4 rings (SSSR count). The van der Waals surface area contributed by atoms with E-state index in [1.807, 2.05) is 24.3 Å². The Balaban J connectivity index is 1.37. The van der Waals surface area contributed by atoms with Gasteiger partial charge in [0, 0.05) is 5.56 Å². The molecule has 1 saturated heterocycles. The van der Waals surface area contributed by atoms with Gasteiger partial charge in [0.15, 0.2) is 11.5 Å². The average Bonchev–Trinajstić information content (AvgIpc) is 3.04. The number of para-hydroxylation sites is 1. The van der Waals surface area contributed by atoms with E-state index in [9.17, 15) is 0 Å². The van der Waals surface area contributed by atoms with Gasteiger partial charge in [-0.25, -0.2) is 0 Å². The summed E-state index contributed by atoms with van der Waals surface area (Å²) in [4.78, 5) is 3.97. The normalized spacial score (nSPS) is 17.5. The topological polar surface area (TPSA) is 26.1 Å². The summed E-state index contributed by atoms with van der Waals surface area (Å²) >= 11 is 6.30. The number of halogens is 1. The van der Waals surface area contributed by atoms with Crippen LogP contribution in [0.5, 0.6) is 11.5 Å². The van der Waals surface area contributed by atoms with Crippen molar-refractivity contribution in [2.24, 2.45) is 0 Å². The van der Waals surface area contributed by atoms with Gasteiger partial charge < -0.3 is 19.3 Å². The number of ether oxygens (including phenoxy) is 2. The van der Waals surface area contributed by atoms with E-state index in [2.05, 4.69) is 23.1 Å². The number of hydrogen-bond donors (Lipinski definition) is 1. The van der Waals surface area contributed by atoms with E-state index in [1.165, 1.54) is 5.56 Å². The minimum absolute atomic E-state index is 0.335. The van der Waals surface area contributed by atoms with E-state index in [0.717, 1.165) is 54.9 Å². The summed E-state index contributed by atoms with van der Waals surface area (Å²) < 4.78 is 10.8. The van der Waals surface area contributed by atoms with Gasteiger partial charge in [0.1, 0.15) is 6.54 Å². The zero-order chi connectivity index (χ0) is 15.6. The van der Waals surface area contributed by atoms with Crippen molar-refractivity contribution >= 4 is 17.3 Å². The lowest BCUT2D eigenvalue weighted by Gasteiger charge is -2.34. The Kier molecular flexibility index (Phi) is 4.02. The molecule has 0 aliphatic carbocycles. The number of rotatable bonds is 3. The Morgan fingerprint density at radius 2 is 1.78 bits per heavy atom. The minimum Gasteiger partial charge on any atom is -0.454 e. The number of nitrogens with zero attached hydrogens (tertiary/aromatic N) is 1. The molecular formula is C18H20ClN2O2+. The van der Waals surface area contributed by atoms with Crippen molar-refractivity contribution < 1.29 is 14.4 Å². The second-order valence-electron chi connectivity index (χ2n) is 6.05. The molecule has 2 aromatic carbocycles. The van der Waals surface area contributed by atoms with Gasteiger partial charge in [0.25, 0.3) is 0 Å². The minimum atomic E-state index is 0.335. The molecule has 0 saturated carbocycles. The van der Waals surface area contributed by atoms with Crippen molar-refractivity contribution in [1.82, 2.24) is 0 Å². The molecule has 2 aliphatic heterocycles. The molecular weight excluding hydrogens is 312 g/mol. The number of nitrogens with one attached hydrogen (secondary N) is 1. The Morgan fingerprint density at radius 1 is 1.00 bits per heavy atom. The Hall–Kier alpha value is -1.91. The molecule has 0 amide bonds. The van der Waals surface area contributed by atoms with Crippen LogP contribution in [-0.2, 0) is 6.54 Å². The number of piperazine rings is 1. The zero-order valence-electron chi connectivity index (χ0n) is 12.9. The predicted octanol–water partition coefficient (Wildman–Crippen LogP) is 1.97. The lowest BCUT2D eigenvalue weighted by molar-refractivity contribution is -0.914. The largest absolute Gasteiger partial charge is 0.454 e. The van der Waals surface area contributed by atoms with Crippen LogP contribution in [0.4, 0.5) is 5.69 Å². The summed E-state index contributed by atoms with van der Waals surface area (Å²) in [6.07, 6.45) is 0. The third kappa shape index (κ3) is 3.09. The SMILES string of the molecule is Clc1ccccc1N1CC[NH+](Cc2ccc3c(c2)OCO3)CC1. The van der Waals surface area contributed by atoms with Gasteiger partial charge >= 0.3 is 0 Å². The van der Waals surface area contributed by atoms with Crippen LogP contribution in [0, 0.1) is 0 Å². The van der Waals surface area contributed by atoms with E-state index in [-0.39, 0.29) is 0 Å². The summed E-state index contributed by atoms with van der Waals surface area (Å²) in [6, 6.07) is 14.3. The molecule has 1 N–H and O–H groups in total. The van der Waals surface area contributed by atoms with Crippen molar-refractivity contribution in [3.05, 3.63) is 53.1 Å². The standard InChI is InChI=1S/C18H19ClN2O2/c19-15-3-1-2-4-16(15)21-9-7-20(8-10-21)12-14-5-6-17-18(11-14)23-13-22-17/h1-6,11H,7-10,12-13H2/p+1. The van der Waals surface area contributed by atoms with Gasteiger partial charge in [-0.05, 0) is 30.3 Å². The summed E-state index contributed by atoms with van der Waals surface area (Å²) in [5, 5.41) is 0.840. The molecule has 0 radical (unpaired) electrons. The molecule has 4 nitrogen and oxygen atoms in total. The van der Waals surface area contributed by atoms with Crippen LogP contribution in [0.3, 0.4) is 0 Å². The van der Waals surface area contributed by atoms with E-state index in [0.29, 0.717) is 6.79 Å². The summed E-state index contributed by atoms with van der Waals surface area (Å²) in [6.45, 7) is 5.64. The second-order valence-corrected chi connectivity index (χ2v) is 6.46. The first-order chi connectivity index (χ1) is 11.3. The van der Waals surface area contributed by atoms with Gasteiger partial charge in [-0.2, -0.15) is 0 Å². The van der Waals surface area contributed by atoms with Crippen molar-refractivity contribution in [3.63, 3.8) is 0 Å². The molecule has 2 aliphatic rings. The summed E-state index contributed by atoms with van der Waals surface area (Å²) in [7, 11) is 0. The van der Waals surface area contributed by atoms with E-state index >= 15 is 0 Å². The number of fused-ring (bicyclic) bond motifs is 1. The average molecular weight is 332 g/mol. The van der Waals surface area contributed by atoms with Crippen molar-refractivity contribution in [2.75, 3.05) is 37.9 Å². The molecule has 2 aromatic rings. The zero-order valence-corrected chi connectivity index (χ0v) is 13.7. The smallest absolute Gasteiger partial charge is 0.231 e. The maximum absolute atomic E-state index is 6.30. The van der Waals surface area contributed by atoms with Gasteiger partial charge in [-0.1, -0.05) is 23.7 Å². The van der Waals surface area contributed by atoms with Crippen molar-refractivity contribution in [1.29, 1.82) is 0 Å². The summed E-state index contributed by atoms with van der Waals surface area (Å²) in [5.74, 6) is 1.73. The second kappa shape index (κ2) is 6.30. The van der Waals surface area contributed by atoms with Crippen LogP contribution in [0.15, 0.2) is 42.5 Å². The highest BCUT2D eigenvalue weighted by Crippen LogP contribution is 2.32. The van der Waals surface area contributed by atoms with Crippen LogP contribution in [-0.4, -0.2) is 33.0 Å². The molecule has 120 valence electrons. The van der Waals surface area contributed by atoms with Crippen molar-refractivity contribution in [2.45, 2.75) is 6.54 Å². The van der Waals surface area contributed by atoms with Gasteiger partial charge in [-0.15, -0.1) is 0 Å². The lowest BCUT2D eigenvalue weighted by atomic mass is 10.1. The Labute approximate surface area is 141 Å². The molecule has 23 heavy (non-hydrogen) atoms. The highest BCUT2D eigenvalue weighted by Gasteiger charge is 2.22. The molecule has 0 spiro atoms. The predicted molar refractivity (Wildman–Crippen MR) is 90.6 cm³/mol. The van der Waals surface area contributed by atoms with Gasteiger partial charge in [0.2, 0.25) is 6.79 Å². The maximum Gasteiger partial charge on any atom is 0.231 e. The van der Waals surface area contributed by atoms with Crippen LogP contribution in [0.1, 0.15) is 5.56 Å². The quantitative estimate of drug-likeness (QED) is 0.931. The first-order valence-corrected chi connectivity index (χ1v) is 8.39. The van der Waals surface area contributed by atoms with Crippen LogP contribution >= 0.6 is 11.6 Å². The van der Waals surface area contributed by atoms with Crippen LogP contribution < -0.4 is 19.3 Å². The Morgan fingerprint density at radius 3 is 2.61 bits per heavy atom. The van der Waals surface area contributed by atoms with Gasteiger partial charge in [0.05, 0.1) is 36.9 Å². The Bertz CT molecular complexity index is 699. The van der Waals surface area contributed by atoms with Crippen molar-refractivity contribution in [3.8, 4) is 11.5 Å². The number of benzene rings is 2. The first kappa shape index (κ1) is 14.7. The summed E-state index contributed by atoms with van der Waals surface area (Å²) in [5.41, 5.74) is 2.45. The number of quaternary nitrogens is 1. The highest BCUT2D eigenvalue weighted by atomic mass is 35.5. The molecule has 2 heterocycles. The fraction of sp³-hybridized carbons (Fsp3) is 0.333. The molecule has 0 bridgehead atoms. The number of hydrogen-bond acceptors (Lipinski definition) is 3. The fourth-order valence-electron chi connectivity index (χ4n) is 3.29. The molecule has 0 unspecified atom stereocenters. The van der Waals surface area contributed by atoms with E-state index in [1.54, 1.807) is 4.90 Å². The third-order valence-electron chi connectivity index (χ3n) is 4.55. The fourth-order valence-corrected chi connectivity index (χ4v) is 3.54. The van der Waals surface area contributed by atoms with Crippen LogP contribution in [0.25, 0.3) is 0 Å². The number of anilines is 1. The van der Waals surface area contributed by atoms with E-state index in [4.69, 9.17) is 21.1 Å². The lowest BCUT2D eigenvalue weighted by Crippen LogP contribution is -3.13. The molecule has 1 fully saturated rings. The van der Waals surface area contributed by atoms with Gasteiger partial charge in [-0.3, -0.25) is 0 Å². The monoisotopic (exact) mass is 331 g/mol. The van der Waals surface area contributed by atoms with E-state index < -0.39 is 0 Å². The molecule has 5 heteroatoms. The highest BCUT2D eigenvalue weighted by molar-refractivity contribution is 6.33. The molecule has 0 atom stereocenters. The first-order valence-electron chi connectivity index (χ1n) is 8.01. The molecule has 0 aromatic heterocycles. The maximum atomic E-state index is 6.30.